The standard InChI is InChI=1S/C7H6F2O/c8-6-1-2-7(9)5(3-6)4-10/h1-3,10H,4H2. The highest BCUT2D eigenvalue weighted by molar-refractivity contribution is 5.17. The van der Waals surface area contributed by atoms with E-state index in [-0.39, 0.29) is 5.56 Å². The molecule has 0 atom stereocenters. The molecule has 1 aromatic carbocycles. The third-order valence-electron chi connectivity index (χ3n) is 1.18. The van der Waals surface area contributed by atoms with E-state index in [1.54, 1.807) is 0 Å². The Morgan fingerprint density at radius 2 is 2.00 bits per heavy atom. The van der Waals surface area contributed by atoms with Crippen LogP contribution in [-0.2, 0) is 6.61 Å². The quantitative estimate of drug-likeness (QED) is 0.632. The van der Waals surface area contributed by atoms with Crippen LogP contribution in [-0.4, -0.2) is 5.11 Å². The van der Waals surface area contributed by atoms with Gasteiger partial charge in [-0.3, -0.25) is 0 Å². The van der Waals surface area contributed by atoms with Crippen molar-refractivity contribution in [2.75, 3.05) is 0 Å². The Kier molecular flexibility index (Phi) is 1.97. The van der Waals surface area contributed by atoms with Crippen molar-refractivity contribution in [1.29, 1.82) is 0 Å². The summed E-state index contributed by atoms with van der Waals surface area (Å²) in [6.07, 6.45) is 0. The molecule has 0 saturated carbocycles. The summed E-state index contributed by atoms with van der Waals surface area (Å²) in [7, 11) is 0. The Balaban J connectivity index is 3.09. The van der Waals surface area contributed by atoms with Gasteiger partial charge in [-0.15, -0.1) is 0 Å². The molecule has 1 N–H and O–H groups in total. The summed E-state index contributed by atoms with van der Waals surface area (Å²) in [5, 5.41) is 8.44. The maximum Gasteiger partial charge on any atom is 0.128 e. The summed E-state index contributed by atoms with van der Waals surface area (Å²) in [4.78, 5) is 0. The van der Waals surface area contributed by atoms with Crippen molar-refractivity contribution in [2.45, 2.75) is 6.61 Å². The fraction of sp³-hybridized carbons (Fsp3) is 0.143. The normalized spacial score (nSPS) is 9.90. The molecule has 1 aromatic rings. The highest BCUT2D eigenvalue weighted by Gasteiger charge is 2.00. The summed E-state index contributed by atoms with van der Waals surface area (Å²) in [6.45, 7) is -0.469. The Hall–Kier alpha value is -0.960. The number of hydrogen-bond donors (Lipinski definition) is 1. The molecule has 3 heteroatoms. The fourth-order valence-corrected chi connectivity index (χ4v) is 0.664. The van der Waals surface area contributed by atoms with Gasteiger partial charge in [-0.2, -0.15) is 0 Å². The Morgan fingerprint density at radius 1 is 1.30 bits per heavy atom. The summed E-state index contributed by atoms with van der Waals surface area (Å²) in [5.41, 5.74) is -0.0139. The predicted octanol–water partition coefficient (Wildman–Crippen LogP) is 1.46. The Labute approximate surface area is 56.9 Å². The maximum absolute atomic E-state index is 12.4. The van der Waals surface area contributed by atoms with Crippen molar-refractivity contribution in [3.8, 4) is 0 Å². The van der Waals surface area contributed by atoms with Gasteiger partial charge in [0.15, 0.2) is 0 Å². The average Bonchev–Trinajstić information content (AvgIpc) is 1.94. The van der Waals surface area contributed by atoms with Crippen LogP contribution in [0.3, 0.4) is 0 Å². The molecule has 0 heterocycles. The second-order valence-corrected chi connectivity index (χ2v) is 1.89. The summed E-state index contributed by atoms with van der Waals surface area (Å²) >= 11 is 0. The van der Waals surface area contributed by atoms with Crippen LogP contribution in [0.1, 0.15) is 5.56 Å². The number of aliphatic hydroxyl groups is 1. The largest absolute Gasteiger partial charge is 0.392 e. The molecule has 0 unspecified atom stereocenters. The molecular formula is C7H6F2O. The number of aliphatic hydroxyl groups excluding tert-OH is 1. The molecule has 0 aliphatic rings. The first-order valence-electron chi connectivity index (χ1n) is 2.79. The van der Waals surface area contributed by atoms with E-state index in [1.165, 1.54) is 0 Å². The number of rotatable bonds is 1. The lowest BCUT2D eigenvalue weighted by Gasteiger charge is -1.96. The second kappa shape index (κ2) is 2.75. The molecule has 0 bridgehead atoms. The molecule has 0 aliphatic heterocycles. The number of hydrogen-bond acceptors (Lipinski definition) is 1. The van der Waals surface area contributed by atoms with Crippen molar-refractivity contribution < 1.29 is 13.9 Å². The SMILES string of the molecule is OCc1cc(F)ccc1F. The van der Waals surface area contributed by atoms with Gasteiger partial charge in [0.2, 0.25) is 0 Å². The van der Waals surface area contributed by atoms with E-state index in [4.69, 9.17) is 5.11 Å². The molecule has 0 saturated heterocycles. The molecule has 0 spiro atoms. The van der Waals surface area contributed by atoms with Crippen LogP contribution in [0.4, 0.5) is 8.78 Å². The van der Waals surface area contributed by atoms with Crippen molar-refractivity contribution in [1.82, 2.24) is 0 Å². The van der Waals surface area contributed by atoms with Gasteiger partial charge in [-0.25, -0.2) is 8.78 Å². The second-order valence-electron chi connectivity index (χ2n) is 1.89. The van der Waals surface area contributed by atoms with Crippen LogP contribution in [0.25, 0.3) is 0 Å². The molecule has 0 amide bonds. The lowest BCUT2D eigenvalue weighted by atomic mass is 10.2. The molecule has 0 radical (unpaired) electrons. The molecule has 0 aliphatic carbocycles. The topological polar surface area (TPSA) is 20.2 Å². The molecular weight excluding hydrogens is 138 g/mol. The highest BCUT2D eigenvalue weighted by Crippen LogP contribution is 2.08. The van der Waals surface area contributed by atoms with Gasteiger partial charge in [-0.1, -0.05) is 0 Å². The van der Waals surface area contributed by atoms with E-state index in [0.717, 1.165) is 18.2 Å². The van der Waals surface area contributed by atoms with Crippen LogP contribution < -0.4 is 0 Å². The molecule has 1 nitrogen and oxygen atoms in total. The van der Waals surface area contributed by atoms with Gasteiger partial charge in [-0.05, 0) is 18.2 Å². The summed E-state index contributed by atoms with van der Waals surface area (Å²) < 4.78 is 24.7. The van der Waals surface area contributed by atoms with Crippen LogP contribution in [0.2, 0.25) is 0 Å². The van der Waals surface area contributed by atoms with Crippen LogP contribution in [0, 0.1) is 11.6 Å². The number of benzene rings is 1. The summed E-state index contributed by atoms with van der Waals surface area (Å²) in [6, 6.07) is 2.96. The minimum atomic E-state index is -0.580. The molecule has 0 fully saturated rings. The molecule has 54 valence electrons. The minimum absolute atomic E-state index is 0.0139. The zero-order valence-corrected chi connectivity index (χ0v) is 5.14. The molecule has 1 rings (SSSR count). The Morgan fingerprint density at radius 3 is 2.50 bits per heavy atom. The zero-order chi connectivity index (χ0) is 7.56. The average molecular weight is 144 g/mol. The van der Waals surface area contributed by atoms with Gasteiger partial charge in [0.1, 0.15) is 11.6 Å². The smallest absolute Gasteiger partial charge is 0.128 e. The third-order valence-corrected chi connectivity index (χ3v) is 1.18. The first kappa shape index (κ1) is 7.15. The minimum Gasteiger partial charge on any atom is -0.392 e. The Bertz CT molecular complexity index is 235. The van der Waals surface area contributed by atoms with E-state index in [2.05, 4.69) is 0 Å². The first-order chi connectivity index (χ1) is 4.74. The third kappa shape index (κ3) is 1.30. The van der Waals surface area contributed by atoms with Crippen LogP contribution in [0.15, 0.2) is 18.2 Å². The van der Waals surface area contributed by atoms with Crippen molar-refractivity contribution in [2.24, 2.45) is 0 Å². The van der Waals surface area contributed by atoms with Gasteiger partial charge >= 0.3 is 0 Å². The van der Waals surface area contributed by atoms with Crippen LogP contribution in [0.5, 0.6) is 0 Å². The van der Waals surface area contributed by atoms with Crippen molar-refractivity contribution in [3.63, 3.8) is 0 Å². The van der Waals surface area contributed by atoms with Crippen LogP contribution >= 0.6 is 0 Å². The van der Waals surface area contributed by atoms with E-state index in [0.29, 0.717) is 0 Å². The maximum atomic E-state index is 12.4. The monoisotopic (exact) mass is 144 g/mol. The fourth-order valence-electron chi connectivity index (χ4n) is 0.664. The lowest BCUT2D eigenvalue weighted by Crippen LogP contribution is -1.89. The zero-order valence-electron chi connectivity index (χ0n) is 5.14. The van der Waals surface area contributed by atoms with Gasteiger partial charge in [0.05, 0.1) is 6.61 Å². The molecule has 0 aromatic heterocycles. The number of halogens is 2. The lowest BCUT2D eigenvalue weighted by molar-refractivity contribution is 0.275. The predicted molar refractivity (Wildman–Crippen MR) is 32.3 cm³/mol. The summed E-state index contributed by atoms with van der Waals surface area (Å²) in [5.74, 6) is -1.12. The van der Waals surface area contributed by atoms with E-state index < -0.39 is 18.2 Å². The first-order valence-corrected chi connectivity index (χ1v) is 2.79. The van der Waals surface area contributed by atoms with Crippen molar-refractivity contribution in [3.05, 3.63) is 35.4 Å². The van der Waals surface area contributed by atoms with E-state index in [9.17, 15) is 8.78 Å². The van der Waals surface area contributed by atoms with Crippen molar-refractivity contribution >= 4 is 0 Å². The van der Waals surface area contributed by atoms with Gasteiger partial charge in [0.25, 0.3) is 0 Å². The van der Waals surface area contributed by atoms with Gasteiger partial charge in [0, 0.05) is 5.56 Å². The van der Waals surface area contributed by atoms with E-state index >= 15 is 0 Å². The highest BCUT2D eigenvalue weighted by atomic mass is 19.1. The van der Waals surface area contributed by atoms with E-state index in [1.807, 2.05) is 0 Å². The molecule has 10 heavy (non-hydrogen) atoms. The van der Waals surface area contributed by atoms with Gasteiger partial charge < -0.3 is 5.11 Å².